The normalized spacial score (nSPS) is 10.4. The molecule has 116 valence electrons. The quantitative estimate of drug-likeness (QED) is 0.921. The van der Waals surface area contributed by atoms with Gasteiger partial charge in [-0.1, -0.05) is 11.6 Å². The topological polar surface area (TPSA) is 49.4 Å². The van der Waals surface area contributed by atoms with E-state index in [1.807, 2.05) is 19.9 Å². The Bertz CT molecular complexity index is 718. The van der Waals surface area contributed by atoms with E-state index in [-0.39, 0.29) is 11.8 Å². The molecule has 1 aromatic heterocycles. The van der Waals surface area contributed by atoms with Crippen LogP contribution in [0.3, 0.4) is 0 Å². The first-order valence-corrected chi connectivity index (χ1v) is 7.88. The molecule has 1 aromatic carbocycles. The molecule has 2 amide bonds. The smallest absolute Gasteiger partial charge is 0.265 e. The van der Waals surface area contributed by atoms with Gasteiger partial charge in [0.15, 0.2) is 0 Å². The molecule has 0 saturated carbocycles. The van der Waals surface area contributed by atoms with Crippen LogP contribution >= 0.6 is 22.9 Å². The molecule has 0 aliphatic rings. The van der Waals surface area contributed by atoms with Crippen molar-refractivity contribution in [3.63, 3.8) is 0 Å². The Morgan fingerprint density at radius 2 is 1.86 bits per heavy atom. The molecule has 0 bridgehead atoms. The molecule has 2 aromatic rings. The summed E-state index contributed by atoms with van der Waals surface area (Å²) in [5.41, 5.74) is 1.99. The highest BCUT2D eigenvalue weighted by atomic mass is 35.5. The van der Waals surface area contributed by atoms with Crippen molar-refractivity contribution >= 4 is 40.4 Å². The second-order valence-corrected chi connectivity index (χ2v) is 6.86. The predicted molar refractivity (Wildman–Crippen MR) is 91.2 cm³/mol. The van der Waals surface area contributed by atoms with E-state index >= 15 is 0 Å². The highest BCUT2D eigenvalue weighted by Gasteiger charge is 2.15. The summed E-state index contributed by atoms with van der Waals surface area (Å²) < 4.78 is 0. The maximum atomic E-state index is 12.3. The molecule has 0 saturated heterocycles. The van der Waals surface area contributed by atoms with Crippen LogP contribution in [0.15, 0.2) is 24.3 Å². The Hall–Kier alpha value is -1.85. The van der Waals surface area contributed by atoms with E-state index in [9.17, 15) is 9.59 Å². The van der Waals surface area contributed by atoms with Crippen molar-refractivity contribution < 1.29 is 9.59 Å². The second-order valence-electron chi connectivity index (χ2n) is 5.20. The van der Waals surface area contributed by atoms with Gasteiger partial charge in [-0.15, -0.1) is 11.3 Å². The standard InChI is InChI=1S/C16H17ClN2O2S/c1-9-7-14(22-10(9)2)15(20)18-13-8-11(5-6-12(13)17)16(21)19(3)4/h5-8H,1-4H3,(H,18,20). The monoisotopic (exact) mass is 336 g/mol. The van der Waals surface area contributed by atoms with Crippen LogP contribution in [0, 0.1) is 13.8 Å². The largest absolute Gasteiger partial charge is 0.345 e. The van der Waals surface area contributed by atoms with E-state index in [2.05, 4.69) is 5.32 Å². The average molecular weight is 337 g/mol. The van der Waals surface area contributed by atoms with Crippen molar-refractivity contribution in [2.24, 2.45) is 0 Å². The Kier molecular flexibility index (Phi) is 4.88. The number of hydrogen-bond acceptors (Lipinski definition) is 3. The molecular weight excluding hydrogens is 320 g/mol. The molecular formula is C16H17ClN2O2S. The van der Waals surface area contributed by atoms with Crippen LogP contribution in [0.1, 0.15) is 30.5 Å². The molecule has 0 unspecified atom stereocenters. The summed E-state index contributed by atoms with van der Waals surface area (Å²) in [6.07, 6.45) is 0. The summed E-state index contributed by atoms with van der Waals surface area (Å²) in [7, 11) is 3.35. The molecule has 1 heterocycles. The molecule has 0 aliphatic heterocycles. The lowest BCUT2D eigenvalue weighted by Gasteiger charge is -2.12. The number of thiophene rings is 1. The van der Waals surface area contributed by atoms with Crippen LogP contribution in [0.5, 0.6) is 0 Å². The maximum absolute atomic E-state index is 12.3. The third-order valence-electron chi connectivity index (χ3n) is 3.26. The van der Waals surface area contributed by atoms with E-state index in [0.29, 0.717) is 21.2 Å². The number of carbonyl (C=O) groups is 2. The minimum absolute atomic E-state index is 0.144. The number of amides is 2. The van der Waals surface area contributed by atoms with Crippen molar-refractivity contribution in [3.05, 3.63) is 50.2 Å². The van der Waals surface area contributed by atoms with Crippen molar-refractivity contribution in [3.8, 4) is 0 Å². The fraction of sp³-hybridized carbons (Fsp3) is 0.250. The number of carbonyl (C=O) groups excluding carboxylic acids is 2. The third kappa shape index (κ3) is 3.48. The van der Waals surface area contributed by atoms with Crippen LogP contribution in [0.4, 0.5) is 5.69 Å². The zero-order valence-electron chi connectivity index (χ0n) is 12.9. The summed E-state index contributed by atoms with van der Waals surface area (Å²) in [5, 5.41) is 3.17. The molecule has 6 heteroatoms. The number of nitrogens with zero attached hydrogens (tertiary/aromatic N) is 1. The van der Waals surface area contributed by atoms with Gasteiger partial charge in [-0.3, -0.25) is 9.59 Å². The lowest BCUT2D eigenvalue weighted by atomic mass is 10.1. The number of benzene rings is 1. The first-order chi connectivity index (χ1) is 10.3. The Morgan fingerprint density at radius 3 is 2.41 bits per heavy atom. The van der Waals surface area contributed by atoms with E-state index < -0.39 is 0 Å². The highest BCUT2D eigenvalue weighted by molar-refractivity contribution is 7.14. The van der Waals surface area contributed by atoms with E-state index in [4.69, 9.17) is 11.6 Å². The molecule has 1 N–H and O–H groups in total. The molecule has 0 aliphatic carbocycles. The van der Waals surface area contributed by atoms with Crippen LogP contribution in [0.25, 0.3) is 0 Å². The third-order valence-corrected chi connectivity index (χ3v) is 4.74. The van der Waals surface area contributed by atoms with Crippen molar-refractivity contribution in [2.75, 3.05) is 19.4 Å². The summed E-state index contributed by atoms with van der Waals surface area (Å²) in [6, 6.07) is 6.69. The lowest BCUT2D eigenvalue weighted by molar-refractivity contribution is 0.0827. The molecule has 0 atom stereocenters. The zero-order valence-corrected chi connectivity index (χ0v) is 14.4. The summed E-state index contributed by atoms with van der Waals surface area (Å²) >= 11 is 7.54. The number of aryl methyl sites for hydroxylation is 2. The SMILES string of the molecule is Cc1cc(C(=O)Nc2cc(C(=O)N(C)C)ccc2Cl)sc1C. The number of rotatable bonds is 3. The lowest BCUT2D eigenvalue weighted by Crippen LogP contribution is -2.22. The number of nitrogens with one attached hydrogen (secondary N) is 1. The molecule has 4 nitrogen and oxygen atoms in total. The van der Waals surface area contributed by atoms with Gasteiger partial charge in [0.25, 0.3) is 11.8 Å². The Morgan fingerprint density at radius 1 is 1.18 bits per heavy atom. The fourth-order valence-corrected chi connectivity index (χ4v) is 2.98. The molecule has 2 rings (SSSR count). The highest BCUT2D eigenvalue weighted by Crippen LogP contribution is 2.26. The van der Waals surface area contributed by atoms with Crippen LogP contribution < -0.4 is 5.32 Å². The molecule has 0 radical (unpaired) electrons. The van der Waals surface area contributed by atoms with Crippen LogP contribution in [0.2, 0.25) is 5.02 Å². The Balaban J connectivity index is 2.27. The van der Waals surface area contributed by atoms with E-state index in [1.165, 1.54) is 16.2 Å². The number of anilines is 1. The van der Waals surface area contributed by atoms with Gasteiger partial charge in [0, 0.05) is 24.5 Å². The zero-order chi connectivity index (χ0) is 16.4. The Labute approximate surface area is 138 Å². The number of hydrogen-bond donors (Lipinski definition) is 1. The van der Waals surface area contributed by atoms with Crippen LogP contribution in [-0.4, -0.2) is 30.8 Å². The minimum atomic E-state index is -0.224. The van der Waals surface area contributed by atoms with Gasteiger partial charge in [0.2, 0.25) is 0 Å². The van der Waals surface area contributed by atoms with Crippen molar-refractivity contribution in [2.45, 2.75) is 13.8 Å². The first-order valence-electron chi connectivity index (χ1n) is 6.69. The molecule has 22 heavy (non-hydrogen) atoms. The van der Waals surface area contributed by atoms with Gasteiger partial charge in [-0.2, -0.15) is 0 Å². The predicted octanol–water partition coefficient (Wildman–Crippen LogP) is 3.97. The summed E-state index contributed by atoms with van der Waals surface area (Å²) in [4.78, 5) is 27.5. The fourth-order valence-electron chi connectivity index (χ4n) is 1.88. The second kappa shape index (κ2) is 6.50. The minimum Gasteiger partial charge on any atom is -0.345 e. The average Bonchev–Trinajstić information content (AvgIpc) is 2.80. The first kappa shape index (κ1) is 16.5. The van der Waals surface area contributed by atoms with E-state index in [1.54, 1.807) is 32.3 Å². The molecule has 0 fully saturated rings. The maximum Gasteiger partial charge on any atom is 0.265 e. The summed E-state index contributed by atoms with van der Waals surface area (Å²) in [5.74, 6) is -0.368. The van der Waals surface area contributed by atoms with Gasteiger partial charge in [-0.05, 0) is 43.7 Å². The van der Waals surface area contributed by atoms with Gasteiger partial charge < -0.3 is 10.2 Å². The van der Waals surface area contributed by atoms with Crippen molar-refractivity contribution in [1.29, 1.82) is 0 Å². The summed E-state index contributed by atoms with van der Waals surface area (Å²) in [6.45, 7) is 3.94. The molecule has 0 spiro atoms. The van der Waals surface area contributed by atoms with Crippen molar-refractivity contribution in [1.82, 2.24) is 4.90 Å². The number of halogens is 1. The van der Waals surface area contributed by atoms with Gasteiger partial charge in [0.1, 0.15) is 0 Å². The van der Waals surface area contributed by atoms with E-state index in [0.717, 1.165) is 10.4 Å². The van der Waals surface area contributed by atoms with Gasteiger partial charge in [-0.25, -0.2) is 0 Å². The van der Waals surface area contributed by atoms with Crippen LogP contribution in [-0.2, 0) is 0 Å². The van der Waals surface area contributed by atoms with Gasteiger partial charge >= 0.3 is 0 Å². The van der Waals surface area contributed by atoms with Gasteiger partial charge in [0.05, 0.1) is 15.6 Å².